The summed E-state index contributed by atoms with van der Waals surface area (Å²) in [5.74, 6) is 0.755. The Morgan fingerprint density at radius 3 is 2.82 bits per heavy atom. The van der Waals surface area contributed by atoms with Gasteiger partial charge in [-0.3, -0.25) is 9.08 Å². The molecule has 0 saturated carbocycles. The first-order chi connectivity index (χ1) is 13.7. The number of nitrogens with zero attached hydrogens (tertiary/aromatic N) is 6. The first-order valence-electron chi connectivity index (χ1n) is 10.0. The van der Waals surface area contributed by atoms with Crippen LogP contribution in [-0.2, 0) is 11.2 Å². The van der Waals surface area contributed by atoms with E-state index in [1.165, 1.54) is 0 Å². The Morgan fingerprint density at radius 2 is 2.07 bits per heavy atom. The number of hydrogen-bond donors (Lipinski definition) is 1. The van der Waals surface area contributed by atoms with E-state index in [4.69, 9.17) is 4.74 Å². The molecule has 3 aromatic heterocycles. The minimum Gasteiger partial charge on any atom is -0.380 e. The molecule has 3 aromatic rings. The van der Waals surface area contributed by atoms with E-state index in [1.54, 1.807) is 7.11 Å². The highest BCUT2D eigenvalue weighted by atomic mass is 16.5. The number of methoxy groups -OCH3 is 1. The van der Waals surface area contributed by atoms with Crippen molar-refractivity contribution in [2.24, 2.45) is 0 Å². The lowest BCUT2D eigenvalue weighted by atomic mass is 10.1. The molecule has 1 unspecified atom stereocenters. The minimum absolute atomic E-state index is 0.281. The average molecular weight is 384 g/mol. The van der Waals surface area contributed by atoms with Gasteiger partial charge in [0.25, 0.3) is 0 Å². The van der Waals surface area contributed by atoms with Crippen molar-refractivity contribution in [1.29, 1.82) is 0 Å². The number of imidazole rings is 1. The molecule has 1 saturated heterocycles. The van der Waals surface area contributed by atoms with Crippen molar-refractivity contribution in [3.63, 3.8) is 0 Å². The Kier molecular flexibility index (Phi) is 5.59. The summed E-state index contributed by atoms with van der Waals surface area (Å²) in [5, 5.41) is 7.98. The molecule has 150 valence electrons. The lowest BCUT2D eigenvalue weighted by Crippen LogP contribution is -2.39. The van der Waals surface area contributed by atoms with Crippen LogP contribution in [0.2, 0.25) is 0 Å². The molecule has 4 heterocycles. The highest BCUT2D eigenvalue weighted by Gasteiger charge is 2.22. The summed E-state index contributed by atoms with van der Waals surface area (Å²) < 4.78 is 9.55. The predicted molar refractivity (Wildman–Crippen MR) is 109 cm³/mol. The second-order valence-corrected chi connectivity index (χ2v) is 7.48. The number of likely N-dealkylation sites (tertiary alicyclic amines) is 1. The summed E-state index contributed by atoms with van der Waals surface area (Å²) in [6.45, 7) is 7.39. The fourth-order valence-corrected chi connectivity index (χ4v) is 3.86. The van der Waals surface area contributed by atoms with Gasteiger partial charge in [0, 0.05) is 57.2 Å². The Hall–Kier alpha value is -2.45. The van der Waals surface area contributed by atoms with Crippen LogP contribution < -0.4 is 5.32 Å². The van der Waals surface area contributed by atoms with E-state index in [2.05, 4.69) is 54.4 Å². The number of hydrogen-bond acceptors (Lipinski definition) is 6. The first kappa shape index (κ1) is 18.9. The van der Waals surface area contributed by atoms with Gasteiger partial charge in [-0.05, 0) is 26.2 Å². The monoisotopic (exact) mass is 383 g/mol. The zero-order valence-electron chi connectivity index (χ0n) is 16.9. The van der Waals surface area contributed by atoms with Crippen LogP contribution in [0, 0.1) is 0 Å². The van der Waals surface area contributed by atoms with Crippen LogP contribution in [0.15, 0.2) is 31.0 Å². The molecule has 0 amide bonds. The van der Waals surface area contributed by atoms with Crippen molar-refractivity contribution in [3.8, 4) is 0 Å². The van der Waals surface area contributed by atoms with E-state index in [9.17, 15) is 0 Å². The van der Waals surface area contributed by atoms with Crippen molar-refractivity contribution in [3.05, 3.63) is 36.7 Å². The maximum Gasteiger partial charge on any atom is 0.180 e. The minimum atomic E-state index is 0.281. The Bertz CT molecular complexity index is 910. The van der Waals surface area contributed by atoms with Gasteiger partial charge in [-0.15, -0.1) is 0 Å². The van der Waals surface area contributed by atoms with Crippen LogP contribution in [0.4, 0.5) is 11.5 Å². The van der Waals surface area contributed by atoms with Crippen LogP contribution in [-0.4, -0.2) is 61.9 Å². The number of fused-ring (bicyclic) bond motifs is 1. The molecular formula is C20H29N7O. The normalized spacial score (nSPS) is 17.2. The summed E-state index contributed by atoms with van der Waals surface area (Å²) in [7, 11) is 1.78. The van der Waals surface area contributed by atoms with Gasteiger partial charge in [-0.1, -0.05) is 6.92 Å². The van der Waals surface area contributed by atoms with Crippen LogP contribution in [0.25, 0.3) is 5.65 Å². The van der Waals surface area contributed by atoms with Crippen molar-refractivity contribution in [1.82, 2.24) is 29.0 Å². The third-order valence-electron chi connectivity index (χ3n) is 5.58. The lowest BCUT2D eigenvalue weighted by Gasteiger charge is -2.33. The smallest absolute Gasteiger partial charge is 0.180 e. The van der Waals surface area contributed by atoms with Crippen molar-refractivity contribution >= 4 is 17.2 Å². The molecule has 0 spiro atoms. The van der Waals surface area contributed by atoms with E-state index in [-0.39, 0.29) is 6.10 Å². The molecule has 0 aliphatic carbocycles. The van der Waals surface area contributed by atoms with Crippen molar-refractivity contribution in [2.75, 3.05) is 32.1 Å². The topological polar surface area (TPSA) is 72.5 Å². The number of rotatable bonds is 7. The van der Waals surface area contributed by atoms with Gasteiger partial charge in [0.05, 0.1) is 24.0 Å². The Morgan fingerprint density at radius 1 is 1.25 bits per heavy atom. The SMILES string of the molecule is CCc1cnc(Nc2cnn(C3CCN(CC(C)OC)CC3)c2)c2nccn12. The maximum absolute atomic E-state index is 5.38. The van der Waals surface area contributed by atoms with Gasteiger partial charge in [0.2, 0.25) is 0 Å². The van der Waals surface area contributed by atoms with Gasteiger partial charge < -0.3 is 15.0 Å². The Balaban J connectivity index is 1.41. The molecule has 0 bridgehead atoms. The average Bonchev–Trinajstić information content (AvgIpc) is 3.39. The number of nitrogens with one attached hydrogen (secondary N) is 1. The third-order valence-corrected chi connectivity index (χ3v) is 5.58. The van der Waals surface area contributed by atoms with Crippen LogP contribution in [0.5, 0.6) is 0 Å². The fourth-order valence-electron chi connectivity index (χ4n) is 3.86. The fraction of sp³-hybridized carbons (Fsp3) is 0.550. The maximum atomic E-state index is 5.38. The molecule has 0 aromatic carbocycles. The number of anilines is 2. The molecule has 1 atom stereocenters. The summed E-state index contributed by atoms with van der Waals surface area (Å²) >= 11 is 0. The molecular weight excluding hydrogens is 354 g/mol. The van der Waals surface area contributed by atoms with Crippen LogP contribution in [0.3, 0.4) is 0 Å². The second kappa shape index (κ2) is 8.28. The summed E-state index contributed by atoms with van der Waals surface area (Å²) in [5.41, 5.74) is 2.92. The molecule has 8 nitrogen and oxygen atoms in total. The van der Waals surface area contributed by atoms with E-state index in [0.29, 0.717) is 6.04 Å². The lowest BCUT2D eigenvalue weighted by molar-refractivity contribution is 0.0626. The van der Waals surface area contributed by atoms with Crippen LogP contribution in [0.1, 0.15) is 38.4 Å². The van der Waals surface area contributed by atoms with Crippen molar-refractivity contribution < 1.29 is 4.74 Å². The molecule has 1 fully saturated rings. The van der Waals surface area contributed by atoms with E-state index in [0.717, 1.165) is 61.7 Å². The van der Waals surface area contributed by atoms with E-state index >= 15 is 0 Å². The predicted octanol–water partition coefficient (Wildman–Crippen LogP) is 2.90. The van der Waals surface area contributed by atoms with E-state index in [1.807, 2.05) is 24.8 Å². The van der Waals surface area contributed by atoms with Crippen molar-refractivity contribution in [2.45, 2.75) is 45.3 Å². The number of piperidine rings is 1. The first-order valence-corrected chi connectivity index (χ1v) is 10.0. The highest BCUT2D eigenvalue weighted by Crippen LogP contribution is 2.25. The van der Waals surface area contributed by atoms with Gasteiger partial charge in [0.15, 0.2) is 11.5 Å². The second-order valence-electron chi connectivity index (χ2n) is 7.48. The number of aromatic nitrogens is 5. The molecule has 4 rings (SSSR count). The zero-order valence-corrected chi connectivity index (χ0v) is 16.9. The zero-order chi connectivity index (χ0) is 19.5. The quantitative estimate of drug-likeness (QED) is 0.676. The van der Waals surface area contributed by atoms with Crippen LogP contribution >= 0.6 is 0 Å². The molecule has 8 heteroatoms. The molecule has 1 aliphatic rings. The highest BCUT2D eigenvalue weighted by molar-refractivity contribution is 5.69. The van der Waals surface area contributed by atoms with Gasteiger partial charge in [-0.25, -0.2) is 9.97 Å². The summed E-state index contributed by atoms with van der Waals surface area (Å²) in [6.07, 6.45) is 13.0. The standard InChI is InChI=1S/C20H29N7O/c1-4-17-12-22-19(20-21-7-10-26(17)20)24-16-11-23-27(14-16)18-5-8-25(9-6-18)13-15(2)28-3/h7,10-12,14-15,18H,4-6,8-9,13H2,1-3H3,(H,22,24). The van der Waals surface area contributed by atoms with Gasteiger partial charge >= 0.3 is 0 Å². The number of aryl methyl sites for hydroxylation is 1. The molecule has 0 radical (unpaired) electrons. The summed E-state index contributed by atoms with van der Waals surface area (Å²) in [6, 6.07) is 0.437. The van der Waals surface area contributed by atoms with Gasteiger partial charge in [-0.2, -0.15) is 5.10 Å². The number of ether oxygens (including phenoxy) is 1. The molecule has 1 aliphatic heterocycles. The Labute approximate surface area is 165 Å². The van der Waals surface area contributed by atoms with Gasteiger partial charge in [0.1, 0.15) is 0 Å². The third kappa shape index (κ3) is 3.88. The molecule has 1 N–H and O–H groups in total. The van der Waals surface area contributed by atoms with E-state index < -0.39 is 0 Å². The summed E-state index contributed by atoms with van der Waals surface area (Å²) in [4.78, 5) is 11.5. The molecule has 28 heavy (non-hydrogen) atoms. The largest absolute Gasteiger partial charge is 0.380 e.